The molecule has 1 aliphatic rings. The lowest BCUT2D eigenvalue weighted by Crippen LogP contribution is -2.40. The standard InChI is InChI=1S/C21H22ClN5O3/c1-29-11-8-14-12-24-21(28)19-18(25-16-5-3-4-15(22)20(16)30-2)17(26-27(14)19)13-6-9-23-10-7-13/h3-7,9-10,14,25H,8,11-12H2,1-2H3,(H,24,28). The molecule has 1 amide bonds. The fourth-order valence-electron chi connectivity index (χ4n) is 3.55. The number of anilines is 2. The summed E-state index contributed by atoms with van der Waals surface area (Å²) in [4.78, 5) is 17.0. The van der Waals surface area contributed by atoms with Gasteiger partial charge in [-0.25, -0.2) is 0 Å². The molecule has 1 atom stereocenters. The molecule has 0 bridgehead atoms. The number of methoxy groups -OCH3 is 2. The van der Waals surface area contributed by atoms with E-state index in [2.05, 4.69) is 15.6 Å². The first kappa shape index (κ1) is 20.2. The van der Waals surface area contributed by atoms with Crippen LogP contribution in [-0.2, 0) is 4.74 Å². The van der Waals surface area contributed by atoms with Crippen molar-refractivity contribution >= 4 is 28.9 Å². The summed E-state index contributed by atoms with van der Waals surface area (Å²) in [6.07, 6.45) is 4.11. The zero-order valence-corrected chi connectivity index (χ0v) is 17.4. The van der Waals surface area contributed by atoms with Gasteiger partial charge < -0.3 is 20.1 Å². The highest BCUT2D eigenvalue weighted by Gasteiger charge is 2.32. The quantitative estimate of drug-likeness (QED) is 0.598. The van der Waals surface area contributed by atoms with Crippen LogP contribution in [-0.4, -0.2) is 48.0 Å². The van der Waals surface area contributed by atoms with Crippen molar-refractivity contribution in [2.45, 2.75) is 12.5 Å². The highest BCUT2D eigenvalue weighted by atomic mass is 35.5. The molecule has 0 fully saturated rings. The number of halogens is 1. The van der Waals surface area contributed by atoms with Gasteiger partial charge in [0, 0.05) is 38.2 Å². The topological polar surface area (TPSA) is 90.3 Å². The zero-order chi connectivity index (χ0) is 21.1. The Morgan fingerprint density at radius 2 is 2.07 bits per heavy atom. The maximum Gasteiger partial charge on any atom is 0.271 e. The SMILES string of the molecule is COCCC1CNC(=O)c2c(Nc3cccc(Cl)c3OC)c(-c3ccncc3)nn21. The molecule has 0 spiro atoms. The summed E-state index contributed by atoms with van der Waals surface area (Å²) in [5.74, 6) is 0.298. The Kier molecular flexibility index (Phi) is 5.87. The van der Waals surface area contributed by atoms with E-state index >= 15 is 0 Å². The van der Waals surface area contributed by atoms with E-state index in [1.165, 1.54) is 0 Å². The van der Waals surface area contributed by atoms with Crippen LogP contribution in [0.2, 0.25) is 5.02 Å². The molecular weight excluding hydrogens is 406 g/mol. The van der Waals surface area contributed by atoms with Gasteiger partial charge in [-0.2, -0.15) is 5.10 Å². The van der Waals surface area contributed by atoms with Crippen molar-refractivity contribution < 1.29 is 14.3 Å². The fourth-order valence-corrected chi connectivity index (χ4v) is 3.81. The van der Waals surface area contributed by atoms with E-state index in [1.807, 2.05) is 24.3 Å². The molecule has 0 saturated heterocycles. The van der Waals surface area contributed by atoms with Crippen LogP contribution in [0.25, 0.3) is 11.3 Å². The Labute approximate surface area is 179 Å². The number of rotatable bonds is 7. The van der Waals surface area contributed by atoms with Crippen LogP contribution in [0.15, 0.2) is 42.7 Å². The highest BCUT2D eigenvalue weighted by molar-refractivity contribution is 6.32. The van der Waals surface area contributed by atoms with Gasteiger partial charge in [-0.05, 0) is 30.7 Å². The molecule has 1 aromatic carbocycles. The Morgan fingerprint density at radius 1 is 1.27 bits per heavy atom. The smallest absolute Gasteiger partial charge is 0.271 e. The monoisotopic (exact) mass is 427 g/mol. The molecule has 2 N–H and O–H groups in total. The number of benzene rings is 1. The van der Waals surface area contributed by atoms with Gasteiger partial charge in [-0.15, -0.1) is 0 Å². The highest BCUT2D eigenvalue weighted by Crippen LogP contribution is 2.40. The third-order valence-corrected chi connectivity index (χ3v) is 5.31. The third-order valence-electron chi connectivity index (χ3n) is 5.01. The van der Waals surface area contributed by atoms with E-state index in [-0.39, 0.29) is 11.9 Å². The number of para-hydroxylation sites is 1. The molecule has 8 nitrogen and oxygen atoms in total. The van der Waals surface area contributed by atoms with Gasteiger partial charge in [0.2, 0.25) is 0 Å². The Balaban J connectivity index is 1.87. The number of hydrogen-bond acceptors (Lipinski definition) is 6. The van der Waals surface area contributed by atoms with Crippen LogP contribution < -0.4 is 15.4 Å². The van der Waals surface area contributed by atoms with Crippen LogP contribution >= 0.6 is 11.6 Å². The first-order valence-electron chi connectivity index (χ1n) is 9.53. The van der Waals surface area contributed by atoms with Gasteiger partial charge in [0.15, 0.2) is 11.4 Å². The number of aromatic nitrogens is 3. The molecule has 1 aliphatic heterocycles. The number of ether oxygens (including phenoxy) is 2. The van der Waals surface area contributed by atoms with E-state index in [0.717, 1.165) is 12.0 Å². The third kappa shape index (κ3) is 3.71. The molecule has 1 unspecified atom stereocenters. The zero-order valence-electron chi connectivity index (χ0n) is 16.7. The molecule has 156 valence electrons. The molecule has 2 aromatic heterocycles. The Bertz CT molecular complexity index is 1050. The van der Waals surface area contributed by atoms with Crippen LogP contribution in [0.1, 0.15) is 23.0 Å². The average Bonchev–Trinajstić information content (AvgIpc) is 3.14. The van der Waals surface area contributed by atoms with Crippen molar-refractivity contribution in [3.8, 4) is 17.0 Å². The number of carbonyl (C=O) groups excluding carboxylic acids is 1. The van der Waals surface area contributed by atoms with Crippen LogP contribution in [0, 0.1) is 0 Å². The summed E-state index contributed by atoms with van der Waals surface area (Å²) in [5, 5.41) is 11.6. The summed E-state index contributed by atoms with van der Waals surface area (Å²) < 4.78 is 12.5. The normalized spacial score (nSPS) is 15.4. The molecule has 3 heterocycles. The minimum Gasteiger partial charge on any atom is -0.493 e. The first-order valence-corrected chi connectivity index (χ1v) is 9.91. The van der Waals surface area contributed by atoms with E-state index in [1.54, 1.807) is 37.4 Å². The summed E-state index contributed by atoms with van der Waals surface area (Å²) in [7, 11) is 3.21. The van der Waals surface area contributed by atoms with Crippen molar-refractivity contribution in [2.75, 3.05) is 32.7 Å². The number of carbonyl (C=O) groups is 1. The number of nitrogens with one attached hydrogen (secondary N) is 2. The fraction of sp³-hybridized carbons (Fsp3) is 0.286. The molecule has 9 heteroatoms. The molecule has 30 heavy (non-hydrogen) atoms. The lowest BCUT2D eigenvalue weighted by Gasteiger charge is -2.25. The van der Waals surface area contributed by atoms with Crippen molar-refractivity contribution in [1.29, 1.82) is 0 Å². The van der Waals surface area contributed by atoms with Crippen LogP contribution in [0.3, 0.4) is 0 Å². The summed E-state index contributed by atoms with van der Waals surface area (Å²) in [6.45, 7) is 1.06. The maximum absolute atomic E-state index is 12.9. The second kappa shape index (κ2) is 8.73. The van der Waals surface area contributed by atoms with Gasteiger partial charge in [0.05, 0.1) is 29.5 Å². The van der Waals surface area contributed by atoms with Gasteiger partial charge in [0.25, 0.3) is 5.91 Å². The molecular formula is C21H22ClN5O3. The van der Waals surface area contributed by atoms with Crippen molar-refractivity contribution in [3.63, 3.8) is 0 Å². The number of fused-ring (bicyclic) bond motifs is 1. The molecule has 0 aliphatic carbocycles. The number of nitrogens with zero attached hydrogens (tertiary/aromatic N) is 3. The lowest BCUT2D eigenvalue weighted by atomic mass is 10.1. The van der Waals surface area contributed by atoms with E-state index in [9.17, 15) is 4.79 Å². The predicted molar refractivity (Wildman–Crippen MR) is 115 cm³/mol. The number of amides is 1. The predicted octanol–water partition coefficient (Wildman–Crippen LogP) is 3.67. The van der Waals surface area contributed by atoms with Gasteiger partial charge >= 0.3 is 0 Å². The molecule has 3 aromatic rings. The van der Waals surface area contributed by atoms with Crippen LogP contribution in [0.5, 0.6) is 5.75 Å². The first-order chi connectivity index (χ1) is 14.6. The minimum absolute atomic E-state index is 0.0185. The van der Waals surface area contributed by atoms with Gasteiger partial charge in [-0.1, -0.05) is 17.7 Å². The summed E-state index contributed by atoms with van der Waals surface area (Å²) in [6, 6.07) is 9.10. The molecule has 4 rings (SSSR count). The van der Waals surface area contributed by atoms with Gasteiger partial charge in [-0.3, -0.25) is 14.5 Å². The number of hydrogen-bond donors (Lipinski definition) is 2. The van der Waals surface area contributed by atoms with Crippen molar-refractivity contribution in [2.24, 2.45) is 0 Å². The van der Waals surface area contributed by atoms with Crippen molar-refractivity contribution in [3.05, 3.63) is 53.4 Å². The van der Waals surface area contributed by atoms with Crippen LogP contribution in [0.4, 0.5) is 11.4 Å². The second-order valence-corrected chi connectivity index (χ2v) is 7.25. The Hall–Kier alpha value is -3.10. The van der Waals surface area contributed by atoms with Crippen molar-refractivity contribution in [1.82, 2.24) is 20.1 Å². The van der Waals surface area contributed by atoms with E-state index < -0.39 is 0 Å². The Morgan fingerprint density at radius 3 is 2.80 bits per heavy atom. The van der Waals surface area contributed by atoms with E-state index in [4.69, 9.17) is 26.2 Å². The lowest BCUT2D eigenvalue weighted by molar-refractivity contribution is 0.0896. The molecule has 0 radical (unpaired) electrons. The summed E-state index contributed by atoms with van der Waals surface area (Å²) in [5.41, 5.74) is 3.17. The maximum atomic E-state index is 12.9. The largest absolute Gasteiger partial charge is 0.493 e. The van der Waals surface area contributed by atoms with E-state index in [0.29, 0.717) is 46.7 Å². The van der Waals surface area contributed by atoms with Gasteiger partial charge in [0.1, 0.15) is 5.69 Å². The summed E-state index contributed by atoms with van der Waals surface area (Å²) >= 11 is 6.29. The number of pyridine rings is 1. The second-order valence-electron chi connectivity index (χ2n) is 6.84. The minimum atomic E-state index is -0.194. The average molecular weight is 428 g/mol. The molecule has 0 saturated carbocycles.